The first kappa shape index (κ1) is 38.5. The summed E-state index contributed by atoms with van der Waals surface area (Å²) in [5.41, 5.74) is 24.9. The van der Waals surface area contributed by atoms with Crippen LogP contribution >= 0.6 is 0 Å². The van der Waals surface area contributed by atoms with Crippen LogP contribution in [0.3, 0.4) is 0 Å². The average Bonchev–Trinajstić information content (AvgIpc) is 4.16. The van der Waals surface area contributed by atoms with Gasteiger partial charge in [-0.15, -0.1) is 0 Å². The monoisotopic (exact) mass is 814 g/mol. The van der Waals surface area contributed by atoms with Crippen LogP contribution in [0.15, 0.2) is 121 Å². The maximum absolute atomic E-state index is 5.48. The lowest BCUT2D eigenvalue weighted by molar-refractivity contribution is 0.690. The van der Waals surface area contributed by atoms with Gasteiger partial charge in [0.25, 0.3) is 0 Å². The van der Waals surface area contributed by atoms with Crippen LogP contribution in [0.1, 0.15) is 103 Å². The highest BCUT2D eigenvalue weighted by molar-refractivity contribution is 6.18. The molecule has 5 atom stereocenters. The molecule has 5 aromatic rings. The molecule has 0 saturated carbocycles. The minimum Gasteiger partial charge on any atom is -0.358 e. The smallest absolute Gasteiger partial charge is 0.0963 e. The van der Waals surface area contributed by atoms with Crippen LogP contribution in [0.4, 0.5) is 0 Å². The molecular weight excluding hydrogens is 761 g/mol. The average molecular weight is 815 g/mol. The first-order chi connectivity index (χ1) is 30.0. The zero-order chi connectivity index (χ0) is 42.6. The Morgan fingerprint density at radius 2 is 1.29 bits per heavy atom. The lowest BCUT2D eigenvalue weighted by atomic mass is 9.86. The fourth-order valence-electron chi connectivity index (χ4n) is 10.6. The minimum absolute atomic E-state index is 0.125. The van der Waals surface area contributed by atoms with E-state index in [1.54, 1.807) is 0 Å². The molecule has 0 spiro atoms. The number of hydrogen-bond donors (Lipinski definition) is 3. The van der Waals surface area contributed by atoms with Crippen molar-refractivity contribution in [1.82, 2.24) is 19.9 Å². The highest BCUT2D eigenvalue weighted by atomic mass is 14.9. The molecule has 62 heavy (non-hydrogen) atoms. The Morgan fingerprint density at radius 1 is 0.613 bits per heavy atom. The predicted octanol–water partition coefficient (Wildman–Crippen LogP) is 9.10. The molecule has 11 rings (SSSR count). The lowest BCUT2D eigenvalue weighted by Crippen LogP contribution is -2.21. The first-order valence-electron chi connectivity index (χ1n) is 22.3. The predicted molar refractivity (Wildman–Crippen MR) is 255 cm³/mol. The van der Waals surface area contributed by atoms with E-state index in [2.05, 4.69) is 155 Å². The molecule has 4 aromatic heterocycles. The topological polar surface area (TPSA) is 110 Å². The SMILES string of the molecule is CC1=C(C)C2Cc3[nH]c(c(C)c3C)/C=c3/cc/c([nH]3)=C(\c3cccc(C4c5cccc(n5)-c5[nH]c(c(C)c5C)CC5N=C(CC6=NC4C=C6)C(C)=C5C)c3)C3C=CC(=N3)CC1=N2. The third kappa shape index (κ3) is 6.37. The van der Waals surface area contributed by atoms with Crippen LogP contribution < -0.4 is 10.7 Å². The van der Waals surface area contributed by atoms with E-state index in [1.165, 1.54) is 55.9 Å². The van der Waals surface area contributed by atoms with Crippen molar-refractivity contribution in [3.8, 4) is 11.4 Å². The number of allylic oxidation sites excluding steroid dienone is 4. The van der Waals surface area contributed by atoms with E-state index in [9.17, 15) is 0 Å². The van der Waals surface area contributed by atoms with Crippen molar-refractivity contribution in [2.45, 2.75) is 111 Å². The van der Waals surface area contributed by atoms with Crippen molar-refractivity contribution < 1.29 is 0 Å². The van der Waals surface area contributed by atoms with Crippen LogP contribution in [0.2, 0.25) is 0 Å². The molecule has 0 fully saturated rings. The molecule has 3 N–H and O–H groups in total. The number of aromatic amines is 3. The van der Waals surface area contributed by atoms with E-state index < -0.39 is 0 Å². The van der Waals surface area contributed by atoms with E-state index in [1.807, 2.05) is 0 Å². The number of hydrogen-bond acceptors (Lipinski definition) is 5. The Labute approximate surface area is 363 Å². The van der Waals surface area contributed by atoms with Gasteiger partial charge >= 0.3 is 0 Å². The molecule has 0 radical (unpaired) electrons. The van der Waals surface area contributed by atoms with Crippen molar-refractivity contribution in [1.29, 1.82) is 0 Å². The zero-order valence-corrected chi connectivity index (χ0v) is 37.0. The molecule has 8 heteroatoms. The van der Waals surface area contributed by atoms with E-state index in [0.717, 1.165) is 98.7 Å². The highest BCUT2D eigenvalue weighted by Crippen LogP contribution is 2.38. The number of aromatic nitrogens is 4. The third-order valence-corrected chi connectivity index (χ3v) is 14.9. The van der Waals surface area contributed by atoms with Crippen LogP contribution in [0.25, 0.3) is 23.0 Å². The highest BCUT2D eigenvalue weighted by Gasteiger charge is 2.32. The standard InChI is InChI=1S/C54H54N8/c1-27-30(4)48-25-49-31(5)28(2)46(60-49)24-39-17-20-43(57-39)53(42-19-16-38(56-42)23-45(27)59-48)36-12-9-11-35(21-36)52-40-13-10-14-44(58-40)54-34(8)33(7)51(62-54)26-50-32(6)29(3)47(61-50)22-37-15-18-41(52)55-37/h9-21,23,41,43,49-50,52,56,59,62H,22,24-26H2,1-8H3/b38-23-,53-42-. The fourth-order valence-corrected chi connectivity index (χ4v) is 10.6. The van der Waals surface area contributed by atoms with E-state index in [0.29, 0.717) is 0 Å². The Kier molecular flexibility index (Phi) is 9.07. The number of rotatable bonds is 2. The normalized spacial score (nSPS) is 25.4. The second kappa shape index (κ2) is 14.6. The van der Waals surface area contributed by atoms with Crippen molar-refractivity contribution in [3.63, 3.8) is 0 Å². The number of nitrogens with one attached hydrogen (secondary N) is 3. The Bertz CT molecular complexity index is 3140. The van der Waals surface area contributed by atoms with Gasteiger partial charge in [-0.2, -0.15) is 0 Å². The van der Waals surface area contributed by atoms with Gasteiger partial charge in [-0.25, -0.2) is 0 Å². The molecule has 0 saturated heterocycles. The van der Waals surface area contributed by atoms with Gasteiger partial charge in [-0.1, -0.05) is 42.5 Å². The molecule has 6 aliphatic rings. The van der Waals surface area contributed by atoms with E-state index in [4.69, 9.17) is 25.0 Å². The Hall–Kier alpha value is -6.41. The van der Waals surface area contributed by atoms with Crippen LogP contribution in [-0.2, 0) is 12.8 Å². The summed E-state index contributed by atoms with van der Waals surface area (Å²) >= 11 is 0. The second-order valence-electron chi connectivity index (χ2n) is 18.4. The summed E-state index contributed by atoms with van der Waals surface area (Å²) in [4.78, 5) is 38.5. The molecule has 10 heterocycles. The molecule has 5 unspecified atom stereocenters. The van der Waals surface area contributed by atoms with E-state index >= 15 is 0 Å². The van der Waals surface area contributed by atoms with Gasteiger partial charge in [0, 0.05) is 81.9 Å². The van der Waals surface area contributed by atoms with Gasteiger partial charge in [0.2, 0.25) is 0 Å². The summed E-state index contributed by atoms with van der Waals surface area (Å²) in [5, 5.41) is 2.10. The molecule has 16 bridgehead atoms. The summed E-state index contributed by atoms with van der Waals surface area (Å²) in [6, 6.07) is 19.9. The zero-order valence-electron chi connectivity index (χ0n) is 37.0. The summed E-state index contributed by atoms with van der Waals surface area (Å²) in [6.07, 6.45) is 14.4. The Morgan fingerprint density at radius 3 is 2.05 bits per heavy atom. The number of nitrogens with zero attached hydrogens (tertiary/aromatic N) is 5. The third-order valence-electron chi connectivity index (χ3n) is 14.9. The second-order valence-corrected chi connectivity index (χ2v) is 18.4. The van der Waals surface area contributed by atoms with Crippen LogP contribution in [0, 0.1) is 27.7 Å². The molecule has 0 amide bonds. The van der Waals surface area contributed by atoms with Gasteiger partial charge < -0.3 is 15.0 Å². The largest absolute Gasteiger partial charge is 0.358 e. The molecule has 310 valence electrons. The first-order valence-corrected chi connectivity index (χ1v) is 22.3. The van der Waals surface area contributed by atoms with Crippen molar-refractivity contribution in [3.05, 3.63) is 168 Å². The van der Waals surface area contributed by atoms with Crippen LogP contribution in [0.5, 0.6) is 0 Å². The summed E-state index contributed by atoms with van der Waals surface area (Å²) < 4.78 is 0. The van der Waals surface area contributed by atoms with Crippen molar-refractivity contribution in [2.24, 2.45) is 20.0 Å². The fraction of sp³-hybridized carbons (Fsp3) is 0.315. The Balaban J connectivity index is 1.07. The number of aliphatic imine (C=N–C) groups is 4. The number of benzene rings is 1. The summed E-state index contributed by atoms with van der Waals surface area (Å²) in [5.74, 6) is -0.126. The molecule has 1 aromatic carbocycles. The summed E-state index contributed by atoms with van der Waals surface area (Å²) in [6.45, 7) is 17.9. The number of pyridine rings is 1. The molecule has 8 nitrogen and oxygen atoms in total. The van der Waals surface area contributed by atoms with Gasteiger partial charge in [0.05, 0.1) is 47.2 Å². The summed E-state index contributed by atoms with van der Waals surface area (Å²) in [7, 11) is 0. The minimum atomic E-state index is -0.168. The lowest BCUT2D eigenvalue weighted by Gasteiger charge is -2.23. The maximum Gasteiger partial charge on any atom is 0.0963 e. The van der Waals surface area contributed by atoms with E-state index in [-0.39, 0.29) is 30.1 Å². The van der Waals surface area contributed by atoms with Crippen molar-refractivity contribution >= 4 is 34.5 Å². The molecule has 6 aliphatic heterocycles. The van der Waals surface area contributed by atoms with Gasteiger partial charge in [-0.05, 0) is 154 Å². The van der Waals surface area contributed by atoms with Crippen LogP contribution in [-0.4, -0.2) is 67.0 Å². The molecule has 0 aliphatic carbocycles. The van der Waals surface area contributed by atoms with Crippen molar-refractivity contribution in [2.75, 3.05) is 0 Å². The van der Waals surface area contributed by atoms with Gasteiger partial charge in [0.15, 0.2) is 0 Å². The number of fused-ring (bicyclic) bond motifs is 13. The number of H-pyrrole nitrogens is 3. The quantitative estimate of drug-likeness (QED) is 0.163. The maximum atomic E-state index is 5.48. The molecular formula is C54H54N8. The van der Waals surface area contributed by atoms with Gasteiger partial charge in [-0.3, -0.25) is 25.0 Å². The van der Waals surface area contributed by atoms with Gasteiger partial charge in [0.1, 0.15) is 0 Å².